The Hall–Kier alpha value is -3.93. The third kappa shape index (κ3) is 3.43. The van der Waals surface area contributed by atoms with E-state index in [2.05, 4.69) is 91.0 Å². The summed E-state index contributed by atoms with van der Waals surface area (Å²) in [6, 6.07) is 43.8. The van der Waals surface area contributed by atoms with E-state index in [-0.39, 0.29) is 10.6 Å². The van der Waals surface area contributed by atoms with E-state index in [9.17, 15) is 10.1 Å². The van der Waals surface area contributed by atoms with Crippen molar-refractivity contribution < 1.29 is 4.92 Å². The van der Waals surface area contributed by atoms with E-state index in [0.29, 0.717) is 5.56 Å². The third-order valence-corrected chi connectivity index (χ3v) is 13.1. The molecule has 0 aliphatic carbocycles. The zero-order valence-electron chi connectivity index (χ0n) is 18.8. The molecule has 1 aliphatic heterocycles. The van der Waals surface area contributed by atoms with Crippen molar-refractivity contribution in [3.05, 3.63) is 138 Å². The fraction of sp³-hybridized carbons (Fsp3) is 0. The van der Waals surface area contributed by atoms with Crippen molar-refractivity contribution in [1.29, 1.82) is 0 Å². The van der Waals surface area contributed by atoms with Crippen molar-refractivity contribution in [3.63, 3.8) is 0 Å². The van der Waals surface area contributed by atoms with Gasteiger partial charge in [0, 0.05) is 15.9 Å². The highest BCUT2D eigenvalue weighted by atomic mass is 32.2. The lowest BCUT2D eigenvalue weighted by Crippen LogP contribution is -2.76. The van der Waals surface area contributed by atoms with E-state index in [4.69, 9.17) is 0 Å². The number of benzene rings is 5. The fourth-order valence-electron chi connectivity index (χ4n) is 5.25. The first-order chi connectivity index (χ1) is 17.2. The first-order valence-corrected chi connectivity index (χ1v) is 14.3. The molecule has 0 fully saturated rings. The summed E-state index contributed by atoms with van der Waals surface area (Å²) in [4.78, 5) is 13.9. The summed E-state index contributed by atoms with van der Waals surface area (Å²) in [5.74, 6) is 0. The van der Waals surface area contributed by atoms with Crippen molar-refractivity contribution in [1.82, 2.24) is 0 Å². The van der Waals surface area contributed by atoms with Gasteiger partial charge in [-0.2, -0.15) is 0 Å². The lowest BCUT2D eigenvalue weighted by molar-refractivity contribution is -0.384. The van der Waals surface area contributed by atoms with E-state index in [0.717, 1.165) is 5.56 Å². The van der Waals surface area contributed by atoms with Gasteiger partial charge in [-0.25, -0.2) is 0 Å². The second-order valence-electron chi connectivity index (χ2n) is 8.56. The van der Waals surface area contributed by atoms with Crippen LogP contribution in [0.4, 0.5) is 5.69 Å². The fourth-order valence-corrected chi connectivity index (χ4v) is 12.2. The summed E-state index contributed by atoms with van der Waals surface area (Å²) >= 11 is 1.84. The molecule has 35 heavy (non-hydrogen) atoms. The molecule has 5 aromatic carbocycles. The minimum atomic E-state index is -2.59. The molecule has 0 aromatic heterocycles. The second-order valence-corrected chi connectivity index (χ2v) is 13.4. The Kier molecular flexibility index (Phi) is 5.36. The molecule has 0 bridgehead atoms. The minimum Gasteiger partial charge on any atom is -0.258 e. The number of para-hydroxylation sites is 1. The molecule has 0 N–H and O–H groups in total. The molecule has 168 valence electrons. The molecular weight excluding hydrogens is 466 g/mol. The molecule has 0 saturated carbocycles. The normalized spacial score (nSPS) is 13.5. The SMILES string of the molecule is O=[N+]([O-])c1ccccc1-c1ccc([Si]2(c3ccccc3)c3ccccc3Sc3ccccc32)cc1. The molecule has 0 atom stereocenters. The van der Waals surface area contributed by atoms with Crippen molar-refractivity contribution in [2.24, 2.45) is 0 Å². The third-order valence-electron chi connectivity index (χ3n) is 6.74. The highest BCUT2D eigenvalue weighted by molar-refractivity contribution is 8.00. The monoisotopic (exact) mass is 487 g/mol. The first kappa shape index (κ1) is 21.6. The van der Waals surface area contributed by atoms with Crippen LogP contribution in [0.2, 0.25) is 0 Å². The Morgan fingerprint density at radius 3 is 1.71 bits per heavy atom. The van der Waals surface area contributed by atoms with Gasteiger partial charge in [0.25, 0.3) is 5.69 Å². The summed E-state index contributed by atoms with van der Waals surface area (Å²) in [5.41, 5.74) is 1.62. The highest BCUT2D eigenvalue weighted by Gasteiger charge is 2.46. The van der Waals surface area contributed by atoms with Crippen LogP contribution in [0.1, 0.15) is 0 Å². The van der Waals surface area contributed by atoms with Crippen LogP contribution in [-0.2, 0) is 0 Å². The van der Waals surface area contributed by atoms with Gasteiger partial charge in [0.2, 0.25) is 0 Å². The molecule has 3 nitrogen and oxygen atoms in total. The Balaban J connectivity index is 1.63. The van der Waals surface area contributed by atoms with E-state index in [1.54, 1.807) is 12.1 Å². The zero-order chi connectivity index (χ0) is 23.8. The molecule has 5 heteroatoms. The van der Waals surface area contributed by atoms with Gasteiger partial charge in [-0.3, -0.25) is 10.1 Å². The largest absolute Gasteiger partial charge is 0.277 e. The average Bonchev–Trinajstić information content (AvgIpc) is 2.92. The van der Waals surface area contributed by atoms with Gasteiger partial charge in [-0.05, 0) is 44.5 Å². The van der Waals surface area contributed by atoms with Crippen LogP contribution < -0.4 is 20.7 Å². The maximum absolute atomic E-state index is 11.6. The maximum atomic E-state index is 11.6. The molecule has 5 aromatic rings. The van der Waals surface area contributed by atoms with Crippen LogP contribution in [0.3, 0.4) is 0 Å². The van der Waals surface area contributed by atoms with Crippen LogP contribution >= 0.6 is 11.8 Å². The number of nitrogens with zero attached hydrogens (tertiary/aromatic N) is 1. The Morgan fingerprint density at radius 1 is 0.571 bits per heavy atom. The summed E-state index contributed by atoms with van der Waals surface area (Å²) in [7, 11) is -2.59. The topological polar surface area (TPSA) is 43.1 Å². The van der Waals surface area contributed by atoms with E-state index >= 15 is 0 Å². The molecule has 0 spiro atoms. The van der Waals surface area contributed by atoms with Gasteiger partial charge in [0.15, 0.2) is 8.07 Å². The lowest BCUT2D eigenvalue weighted by atomic mass is 10.0. The van der Waals surface area contributed by atoms with Crippen molar-refractivity contribution in [3.8, 4) is 11.1 Å². The molecule has 0 saturated heterocycles. The molecule has 0 radical (unpaired) electrons. The van der Waals surface area contributed by atoms with E-state index in [1.165, 1.54) is 30.5 Å². The van der Waals surface area contributed by atoms with Crippen LogP contribution in [0.5, 0.6) is 0 Å². The molecule has 1 heterocycles. The van der Waals surface area contributed by atoms with Crippen LogP contribution in [0, 0.1) is 10.1 Å². The summed E-state index contributed by atoms with van der Waals surface area (Å²) in [6.45, 7) is 0. The van der Waals surface area contributed by atoms with Crippen LogP contribution in [0.15, 0.2) is 137 Å². The first-order valence-electron chi connectivity index (χ1n) is 11.5. The van der Waals surface area contributed by atoms with Gasteiger partial charge >= 0.3 is 0 Å². The number of fused-ring (bicyclic) bond motifs is 2. The highest BCUT2D eigenvalue weighted by Crippen LogP contribution is 2.34. The maximum Gasteiger partial charge on any atom is 0.277 e. The van der Waals surface area contributed by atoms with Crippen molar-refractivity contribution in [2.45, 2.75) is 9.79 Å². The summed E-state index contributed by atoms with van der Waals surface area (Å²) < 4.78 is 0. The summed E-state index contributed by atoms with van der Waals surface area (Å²) in [6.07, 6.45) is 0. The molecule has 6 rings (SSSR count). The quantitative estimate of drug-likeness (QED) is 0.197. The Labute approximate surface area is 209 Å². The second kappa shape index (κ2) is 8.69. The number of nitro groups is 1. The Morgan fingerprint density at radius 2 is 1.09 bits per heavy atom. The molecule has 1 aliphatic rings. The lowest BCUT2D eigenvalue weighted by Gasteiger charge is -2.39. The minimum absolute atomic E-state index is 0.125. The number of hydrogen-bond acceptors (Lipinski definition) is 3. The van der Waals surface area contributed by atoms with Gasteiger partial charge in [-0.1, -0.05) is 115 Å². The average molecular weight is 488 g/mol. The van der Waals surface area contributed by atoms with Gasteiger partial charge in [-0.15, -0.1) is 0 Å². The van der Waals surface area contributed by atoms with Gasteiger partial charge in [0.05, 0.1) is 10.5 Å². The predicted octanol–water partition coefficient (Wildman–Crippen LogP) is 5.10. The molecular formula is C30H21NO2SSi. The van der Waals surface area contributed by atoms with Gasteiger partial charge < -0.3 is 0 Å². The summed E-state index contributed by atoms with van der Waals surface area (Å²) in [5, 5.41) is 17.0. The number of rotatable bonds is 4. The standard InChI is InChI=1S/C30H21NO2SSi/c32-31(33)26-13-5-4-12-25(26)22-18-20-24(21-19-22)35(23-10-2-1-3-11-23)29-16-8-6-14-27(29)34-28-15-7-9-17-30(28)35/h1-21H. The number of nitro benzene ring substituents is 1. The predicted molar refractivity (Wildman–Crippen MR) is 146 cm³/mol. The van der Waals surface area contributed by atoms with Crippen LogP contribution in [0.25, 0.3) is 11.1 Å². The van der Waals surface area contributed by atoms with E-state index < -0.39 is 8.07 Å². The van der Waals surface area contributed by atoms with Crippen LogP contribution in [-0.4, -0.2) is 13.0 Å². The smallest absolute Gasteiger partial charge is 0.258 e. The van der Waals surface area contributed by atoms with Crippen molar-refractivity contribution >= 4 is 46.3 Å². The Bertz CT molecular complexity index is 1510. The molecule has 0 unspecified atom stereocenters. The molecule has 0 amide bonds. The van der Waals surface area contributed by atoms with Crippen molar-refractivity contribution in [2.75, 3.05) is 0 Å². The zero-order valence-corrected chi connectivity index (χ0v) is 20.6. The van der Waals surface area contributed by atoms with E-state index in [1.807, 2.05) is 36.0 Å². The van der Waals surface area contributed by atoms with Gasteiger partial charge in [0.1, 0.15) is 0 Å². The number of hydrogen-bond donors (Lipinski definition) is 0.